The molecule has 0 radical (unpaired) electrons. The molecular formula is C2H8AsI. The van der Waals surface area contributed by atoms with Gasteiger partial charge in [0.2, 0.25) is 0 Å². The first-order valence-electron chi connectivity index (χ1n) is 1.00. The molecule has 0 fully saturated rings. The maximum absolute atomic E-state index is 2.25. The SMILES string of the molecule is C[AsH]C.I. The first-order chi connectivity index (χ1) is 1.41. The van der Waals surface area contributed by atoms with Gasteiger partial charge in [-0.3, -0.25) is 0 Å². The third kappa shape index (κ3) is 10.4. The molecule has 0 aliphatic heterocycles. The van der Waals surface area contributed by atoms with Crippen molar-refractivity contribution in [1.82, 2.24) is 0 Å². The summed E-state index contributed by atoms with van der Waals surface area (Å²) in [6, 6.07) is 0. The molecule has 0 amide bonds. The fourth-order valence-corrected chi connectivity index (χ4v) is 0. The van der Waals surface area contributed by atoms with Gasteiger partial charge in [-0.1, -0.05) is 0 Å². The summed E-state index contributed by atoms with van der Waals surface area (Å²) < 4.78 is 0. The molecule has 4 heavy (non-hydrogen) atoms. The van der Waals surface area contributed by atoms with E-state index in [1.165, 1.54) is 0 Å². The minimum atomic E-state index is 0. The van der Waals surface area contributed by atoms with Crippen molar-refractivity contribution in [3.63, 3.8) is 0 Å². The zero-order valence-corrected chi connectivity index (χ0v) is 7.34. The van der Waals surface area contributed by atoms with Gasteiger partial charge in [0.15, 0.2) is 0 Å². The first-order valence-corrected chi connectivity index (χ1v) is 5.20. The maximum atomic E-state index is 2.25. The van der Waals surface area contributed by atoms with Gasteiger partial charge < -0.3 is 0 Å². The fourth-order valence-electron chi connectivity index (χ4n) is 0. The third-order valence-electron chi connectivity index (χ3n) is 0. The van der Waals surface area contributed by atoms with Crippen molar-refractivity contribution in [3.05, 3.63) is 0 Å². The summed E-state index contributed by atoms with van der Waals surface area (Å²) in [7, 11) is 0. The minimum absolute atomic E-state index is 0. The van der Waals surface area contributed by atoms with E-state index in [9.17, 15) is 0 Å². The van der Waals surface area contributed by atoms with E-state index in [1.54, 1.807) is 0 Å². The molecule has 0 saturated heterocycles. The molecular weight excluding hydrogens is 226 g/mol. The predicted octanol–water partition coefficient (Wildman–Crippen LogP) is 1.14. The zero-order valence-electron chi connectivity index (χ0n) is 2.91. The number of halogens is 1. The largest absolute Gasteiger partial charge is 0.107 e. The molecule has 0 spiro atoms. The van der Waals surface area contributed by atoms with Gasteiger partial charge in [0.25, 0.3) is 0 Å². The second-order valence-electron chi connectivity index (χ2n) is 0.500. The molecule has 0 saturated carbocycles. The molecule has 0 aromatic carbocycles. The summed E-state index contributed by atoms with van der Waals surface area (Å²) in [5, 5.41) is 0. The molecule has 0 aliphatic carbocycles. The van der Waals surface area contributed by atoms with Crippen LogP contribution in [-0.2, 0) is 0 Å². The summed E-state index contributed by atoms with van der Waals surface area (Å²) in [6.07, 6.45) is 0. The Bertz CT molecular complexity index is 6.00. The van der Waals surface area contributed by atoms with E-state index in [1.807, 2.05) is 0 Å². The second kappa shape index (κ2) is 8.86. The Kier molecular flexibility index (Phi) is 19.9. The van der Waals surface area contributed by atoms with Gasteiger partial charge in [-0.25, -0.2) is 0 Å². The maximum Gasteiger partial charge on any atom is -0.107 e. The van der Waals surface area contributed by atoms with Crippen LogP contribution in [0.4, 0.5) is 0 Å². The van der Waals surface area contributed by atoms with Crippen LogP contribution in [0.25, 0.3) is 0 Å². The van der Waals surface area contributed by atoms with Crippen LogP contribution in [0.5, 0.6) is 0 Å². The molecule has 2 heteroatoms. The van der Waals surface area contributed by atoms with Crippen molar-refractivity contribution >= 4 is 39.7 Å². The van der Waals surface area contributed by atoms with Crippen molar-refractivity contribution in [3.8, 4) is 0 Å². The van der Waals surface area contributed by atoms with E-state index in [-0.39, 0.29) is 24.0 Å². The molecule has 0 nitrogen and oxygen atoms in total. The van der Waals surface area contributed by atoms with Crippen LogP contribution < -0.4 is 0 Å². The van der Waals surface area contributed by atoms with E-state index in [0.717, 1.165) is 0 Å². The molecule has 0 bridgehead atoms. The average molecular weight is 234 g/mol. The molecule has 0 N–H and O–H groups in total. The summed E-state index contributed by atoms with van der Waals surface area (Å²) in [5.74, 6) is 0. The van der Waals surface area contributed by atoms with E-state index < -0.39 is 0 Å². The Labute approximate surface area is 51.1 Å². The van der Waals surface area contributed by atoms with Crippen LogP contribution in [0, 0.1) is 0 Å². The van der Waals surface area contributed by atoms with Crippen LogP contribution >= 0.6 is 24.0 Å². The number of hydrogen-bond acceptors (Lipinski definition) is 0. The van der Waals surface area contributed by atoms with Crippen molar-refractivity contribution < 1.29 is 0 Å². The van der Waals surface area contributed by atoms with Crippen LogP contribution in [0.2, 0.25) is 11.4 Å². The second-order valence-corrected chi connectivity index (χ2v) is 2.60. The minimum Gasteiger partial charge on any atom is -0.107 e. The van der Waals surface area contributed by atoms with Gasteiger partial charge in [-0.2, -0.15) is 0 Å². The van der Waals surface area contributed by atoms with Crippen LogP contribution in [-0.4, -0.2) is 15.8 Å². The van der Waals surface area contributed by atoms with Gasteiger partial charge >= 0.3 is 27.2 Å². The van der Waals surface area contributed by atoms with Crippen molar-refractivity contribution in [2.75, 3.05) is 0 Å². The van der Waals surface area contributed by atoms with Crippen LogP contribution in [0.15, 0.2) is 0 Å². The standard InChI is InChI=1S/C2H7As.HI/c1-3-2;/h3H,1-2H3;1H. The normalized spacial score (nSPS) is 4.50. The third-order valence-corrected chi connectivity index (χ3v) is 0. The Morgan fingerprint density at radius 1 is 1.25 bits per heavy atom. The van der Waals surface area contributed by atoms with Crippen molar-refractivity contribution in [2.24, 2.45) is 0 Å². The Hall–Kier alpha value is 1.29. The van der Waals surface area contributed by atoms with Gasteiger partial charge in [-0.15, -0.1) is 24.0 Å². The number of hydrogen-bond donors (Lipinski definition) is 0. The summed E-state index contributed by atoms with van der Waals surface area (Å²) in [5.41, 5.74) is 4.50. The summed E-state index contributed by atoms with van der Waals surface area (Å²) >= 11 is 0.500. The average Bonchev–Trinajstić information content (AvgIpc) is 0.918. The van der Waals surface area contributed by atoms with Gasteiger partial charge in [-0.05, 0) is 0 Å². The molecule has 0 aliphatic rings. The van der Waals surface area contributed by atoms with E-state index >= 15 is 0 Å². The first kappa shape index (κ1) is 8.99. The molecule has 0 aromatic rings. The summed E-state index contributed by atoms with van der Waals surface area (Å²) in [4.78, 5) is 0. The van der Waals surface area contributed by atoms with Gasteiger partial charge in [0, 0.05) is 0 Å². The van der Waals surface area contributed by atoms with Crippen molar-refractivity contribution in [1.29, 1.82) is 0 Å². The van der Waals surface area contributed by atoms with Gasteiger partial charge in [0.05, 0.1) is 0 Å². The molecule has 0 heterocycles. The molecule has 0 rings (SSSR count). The quantitative estimate of drug-likeness (QED) is 0.435. The Morgan fingerprint density at radius 2 is 1.25 bits per heavy atom. The molecule has 28 valence electrons. The van der Waals surface area contributed by atoms with E-state index in [0.29, 0.717) is 15.8 Å². The number of rotatable bonds is 0. The summed E-state index contributed by atoms with van der Waals surface area (Å²) in [6.45, 7) is 0. The predicted molar refractivity (Wildman–Crippen MR) is 34.3 cm³/mol. The monoisotopic (exact) mass is 234 g/mol. The Morgan fingerprint density at radius 3 is 1.25 bits per heavy atom. The van der Waals surface area contributed by atoms with Crippen molar-refractivity contribution in [2.45, 2.75) is 11.4 Å². The fraction of sp³-hybridized carbons (Fsp3) is 1.00. The van der Waals surface area contributed by atoms with E-state index in [4.69, 9.17) is 0 Å². The molecule has 0 atom stereocenters. The molecule has 0 aromatic heterocycles. The van der Waals surface area contributed by atoms with Crippen LogP contribution in [0.1, 0.15) is 0 Å². The smallest absolute Gasteiger partial charge is 0.107 e. The Balaban J connectivity index is 0. The van der Waals surface area contributed by atoms with Gasteiger partial charge in [0.1, 0.15) is 0 Å². The van der Waals surface area contributed by atoms with Crippen LogP contribution in [0.3, 0.4) is 0 Å². The van der Waals surface area contributed by atoms with E-state index in [2.05, 4.69) is 11.4 Å². The topological polar surface area (TPSA) is 0 Å². The molecule has 0 unspecified atom stereocenters. The zero-order chi connectivity index (χ0) is 2.71.